The Bertz CT molecular complexity index is 606. The fourth-order valence-corrected chi connectivity index (χ4v) is 2.04. The number of aromatic nitrogens is 2. The quantitative estimate of drug-likeness (QED) is 0.849. The second kappa shape index (κ2) is 4.96. The molecular weight excluding hydrogens is 268 g/mol. The van der Waals surface area contributed by atoms with Gasteiger partial charge < -0.3 is 11.1 Å². The van der Waals surface area contributed by atoms with Gasteiger partial charge in [-0.25, -0.2) is 0 Å². The highest BCUT2D eigenvalue weighted by molar-refractivity contribution is 7.80. The second-order valence-electron chi connectivity index (χ2n) is 3.98. The first-order valence-corrected chi connectivity index (χ1v) is 6.12. The summed E-state index contributed by atoms with van der Waals surface area (Å²) in [5, 5.41) is 8.13. The van der Waals surface area contributed by atoms with E-state index in [4.69, 9.17) is 29.6 Å². The third-order valence-corrected chi connectivity index (χ3v) is 2.98. The van der Waals surface area contributed by atoms with E-state index >= 15 is 0 Å². The Hall–Kier alpha value is -1.59. The predicted octanol–water partition coefficient (Wildman–Crippen LogP) is 2.76. The Morgan fingerprint density at radius 3 is 2.72 bits per heavy atom. The zero-order valence-corrected chi connectivity index (χ0v) is 11.6. The Kier molecular flexibility index (Phi) is 3.54. The lowest BCUT2D eigenvalue weighted by Crippen LogP contribution is -2.12. The van der Waals surface area contributed by atoms with E-state index in [0.29, 0.717) is 10.0 Å². The van der Waals surface area contributed by atoms with Gasteiger partial charge in [0.2, 0.25) is 0 Å². The highest BCUT2D eigenvalue weighted by Gasteiger charge is 2.09. The monoisotopic (exact) mass is 280 g/mol. The van der Waals surface area contributed by atoms with Crippen LogP contribution in [0.25, 0.3) is 0 Å². The average molecular weight is 281 g/mol. The number of nitrogens with one attached hydrogen (secondary N) is 1. The molecule has 4 nitrogen and oxygen atoms in total. The maximum atomic E-state index is 5.94. The molecule has 2 rings (SSSR count). The number of benzene rings is 1. The van der Waals surface area contributed by atoms with Crippen LogP contribution in [0, 0.1) is 6.92 Å². The molecule has 1 aromatic heterocycles. The molecule has 0 bridgehead atoms. The second-order valence-corrected chi connectivity index (χ2v) is 4.86. The number of nitrogens with two attached hydrogens (primary N) is 1. The normalized spacial score (nSPS) is 10.4. The van der Waals surface area contributed by atoms with E-state index in [-0.39, 0.29) is 0 Å². The van der Waals surface area contributed by atoms with Crippen LogP contribution in [-0.4, -0.2) is 14.8 Å². The SMILES string of the molecule is Cc1nn(C)cc1Nc1ccc(Cl)cc1C(N)=S. The van der Waals surface area contributed by atoms with Gasteiger partial charge >= 0.3 is 0 Å². The summed E-state index contributed by atoms with van der Waals surface area (Å²) in [6.07, 6.45) is 1.90. The molecule has 3 N–H and O–H groups in total. The zero-order chi connectivity index (χ0) is 13.3. The van der Waals surface area contributed by atoms with Crippen LogP contribution < -0.4 is 11.1 Å². The summed E-state index contributed by atoms with van der Waals surface area (Å²) in [5.41, 5.74) is 9.06. The van der Waals surface area contributed by atoms with Gasteiger partial charge in [-0.3, -0.25) is 4.68 Å². The summed E-state index contributed by atoms with van der Waals surface area (Å²) in [6, 6.07) is 5.39. The van der Waals surface area contributed by atoms with E-state index in [1.165, 1.54) is 0 Å². The third kappa shape index (κ3) is 2.63. The number of aryl methyl sites for hydroxylation is 2. The lowest BCUT2D eigenvalue weighted by molar-refractivity contribution is 0.756. The molecule has 0 fully saturated rings. The van der Waals surface area contributed by atoms with Gasteiger partial charge in [0.05, 0.1) is 11.4 Å². The van der Waals surface area contributed by atoms with Crippen LogP contribution in [0.2, 0.25) is 5.02 Å². The molecule has 0 atom stereocenters. The maximum absolute atomic E-state index is 5.94. The van der Waals surface area contributed by atoms with Crippen LogP contribution >= 0.6 is 23.8 Å². The zero-order valence-electron chi connectivity index (χ0n) is 10.1. The topological polar surface area (TPSA) is 55.9 Å². The minimum atomic E-state index is 0.307. The van der Waals surface area contributed by atoms with Crippen LogP contribution in [-0.2, 0) is 7.05 Å². The summed E-state index contributed by atoms with van der Waals surface area (Å²) in [6.45, 7) is 1.93. The molecule has 0 aliphatic rings. The molecular formula is C12H13ClN4S. The molecule has 0 amide bonds. The van der Waals surface area contributed by atoms with Gasteiger partial charge in [0.25, 0.3) is 0 Å². The summed E-state index contributed by atoms with van der Waals surface area (Å²) in [7, 11) is 1.87. The minimum absolute atomic E-state index is 0.307. The van der Waals surface area contributed by atoms with E-state index in [1.807, 2.05) is 26.2 Å². The number of halogens is 1. The van der Waals surface area contributed by atoms with Crippen molar-refractivity contribution in [2.24, 2.45) is 12.8 Å². The number of thiocarbonyl (C=S) groups is 1. The lowest BCUT2D eigenvalue weighted by Gasteiger charge is -2.10. The van der Waals surface area contributed by atoms with Crippen molar-refractivity contribution < 1.29 is 0 Å². The standard InChI is InChI=1S/C12H13ClN4S/c1-7-11(6-17(2)16-7)15-10-4-3-8(13)5-9(10)12(14)18/h3-6,15H,1-2H3,(H2,14,18). The smallest absolute Gasteiger partial charge is 0.106 e. The molecule has 0 unspecified atom stereocenters. The molecule has 2 aromatic rings. The first-order chi connectivity index (χ1) is 8.47. The average Bonchev–Trinajstić information content (AvgIpc) is 2.60. The van der Waals surface area contributed by atoms with Gasteiger partial charge in [-0.1, -0.05) is 23.8 Å². The van der Waals surface area contributed by atoms with Crippen molar-refractivity contribution >= 4 is 40.2 Å². The summed E-state index contributed by atoms with van der Waals surface area (Å²) >= 11 is 11.0. The van der Waals surface area contributed by atoms with Crippen LogP contribution in [0.3, 0.4) is 0 Å². The lowest BCUT2D eigenvalue weighted by atomic mass is 10.1. The molecule has 0 saturated carbocycles. The summed E-state index contributed by atoms with van der Waals surface area (Å²) in [5.74, 6) is 0. The van der Waals surface area contributed by atoms with Crippen molar-refractivity contribution in [2.75, 3.05) is 5.32 Å². The van der Waals surface area contributed by atoms with Crippen molar-refractivity contribution in [1.29, 1.82) is 0 Å². The molecule has 0 saturated heterocycles. The van der Waals surface area contributed by atoms with E-state index in [0.717, 1.165) is 22.6 Å². The third-order valence-electron chi connectivity index (χ3n) is 2.53. The Labute approximate surface area is 116 Å². The summed E-state index contributed by atoms with van der Waals surface area (Å²) in [4.78, 5) is 0.307. The van der Waals surface area contributed by atoms with Gasteiger partial charge in [0, 0.05) is 29.5 Å². The first kappa shape index (κ1) is 12.9. The van der Waals surface area contributed by atoms with Gasteiger partial charge in [-0.15, -0.1) is 0 Å². The van der Waals surface area contributed by atoms with Crippen molar-refractivity contribution in [2.45, 2.75) is 6.92 Å². The summed E-state index contributed by atoms with van der Waals surface area (Å²) < 4.78 is 1.74. The fraction of sp³-hybridized carbons (Fsp3) is 0.167. The molecule has 18 heavy (non-hydrogen) atoms. The molecule has 6 heteroatoms. The molecule has 94 valence electrons. The van der Waals surface area contributed by atoms with E-state index < -0.39 is 0 Å². The molecule has 1 aromatic carbocycles. The molecule has 0 spiro atoms. The van der Waals surface area contributed by atoms with Crippen molar-refractivity contribution in [3.8, 4) is 0 Å². The predicted molar refractivity (Wildman–Crippen MR) is 78.6 cm³/mol. The highest BCUT2D eigenvalue weighted by Crippen LogP contribution is 2.25. The van der Waals surface area contributed by atoms with Crippen molar-refractivity contribution in [1.82, 2.24) is 9.78 Å². The number of anilines is 2. The van der Waals surface area contributed by atoms with E-state index in [1.54, 1.807) is 16.8 Å². The van der Waals surface area contributed by atoms with E-state index in [9.17, 15) is 0 Å². The highest BCUT2D eigenvalue weighted by atomic mass is 35.5. The van der Waals surface area contributed by atoms with Crippen LogP contribution in [0.1, 0.15) is 11.3 Å². The van der Waals surface area contributed by atoms with E-state index in [2.05, 4.69) is 10.4 Å². The van der Waals surface area contributed by atoms with Gasteiger partial charge in [-0.05, 0) is 25.1 Å². The molecule has 0 aliphatic carbocycles. The molecule has 1 heterocycles. The number of rotatable bonds is 3. The van der Waals surface area contributed by atoms with Crippen LogP contribution in [0.5, 0.6) is 0 Å². The molecule has 0 radical (unpaired) electrons. The first-order valence-electron chi connectivity index (χ1n) is 5.34. The van der Waals surface area contributed by atoms with Crippen LogP contribution in [0.4, 0.5) is 11.4 Å². The van der Waals surface area contributed by atoms with Gasteiger partial charge in [0.1, 0.15) is 4.99 Å². The molecule has 0 aliphatic heterocycles. The number of hydrogen-bond donors (Lipinski definition) is 2. The Morgan fingerprint density at radius 2 is 2.17 bits per heavy atom. The fourth-order valence-electron chi connectivity index (χ4n) is 1.70. The number of hydrogen-bond acceptors (Lipinski definition) is 3. The Morgan fingerprint density at radius 1 is 1.44 bits per heavy atom. The van der Waals surface area contributed by atoms with Crippen molar-refractivity contribution in [3.63, 3.8) is 0 Å². The van der Waals surface area contributed by atoms with Crippen molar-refractivity contribution in [3.05, 3.63) is 40.7 Å². The Balaban J connectivity index is 2.40. The van der Waals surface area contributed by atoms with Crippen LogP contribution in [0.15, 0.2) is 24.4 Å². The maximum Gasteiger partial charge on any atom is 0.106 e. The number of nitrogens with zero attached hydrogens (tertiary/aromatic N) is 2. The van der Waals surface area contributed by atoms with Gasteiger partial charge in [-0.2, -0.15) is 5.10 Å². The minimum Gasteiger partial charge on any atom is -0.389 e. The largest absolute Gasteiger partial charge is 0.389 e. The van der Waals surface area contributed by atoms with Gasteiger partial charge in [0.15, 0.2) is 0 Å².